The monoisotopic (exact) mass is 420 g/mol. The third-order valence-electron chi connectivity index (χ3n) is 4.20. The summed E-state index contributed by atoms with van der Waals surface area (Å²) in [4.78, 5) is 12.8. The predicted octanol–water partition coefficient (Wildman–Crippen LogP) is 4.78. The van der Waals surface area contributed by atoms with E-state index < -0.39 is 5.91 Å². The van der Waals surface area contributed by atoms with E-state index in [0.29, 0.717) is 22.1 Å². The van der Waals surface area contributed by atoms with E-state index in [2.05, 4.69) is 15.5 Å². The van der Waals surface area contributed by atoms with E-state index in [1.165, 1.54) is 19.4 Å². The lowest BCUT2D eigenvalue weighted by atomic mass is 10.1. The molecule has 0 radical (unpaired) electrons. The van der Waals surface area contributed by atoms with Gasteiger partial charge in [0.05, 0.1) is 30.2 Å². The Kier molecular flexibility index (Phi) is 5.20. The zero-order valence-corrected chi connectivity index (χ0v) is 16.3. The number of aromatic nitrogens is 2. The Morgan fingerprint density at radius 2 is 2.00 bits per heavy atom. The largest absolute Gasteiger partial charge is 0.496 e. The van der Waals surface area contributed by atoms with Gasteiger partial charge in [-0.1, -0.05) is 11.6 Å². The highest BCUT2D eigenvalue weighted by atomic mass is 35.5. The lowest BCUT2D eigenvalue weighted by Crippen LogP contribution is -2.14. The molecule has 0 atom stereocenters. The molecule has 0 saturated carbocycles. The van der Waals surface area contributed by atoms with Crippen LogP contribution in [0.4, 0.5) is 5.69 Å². The van der Waals surface area contributed by atoms with Crippen LogP contribution in [0.3, 0.4) is 0 Å². The van der Waals surface area contributed by atoms with E-state index in [0.717, 1.165) is 0 Å². The highest BCUT2D eigenvalue weighted by molar-refractivity contribution is 6.31. The second kappa shape index (κ2) is 8.11. The zero-order valence-electron chi connectivity index (χ0n) is 15.5. The number of hydrogen-bond acceptors (Lipinski definition) is 7. The van der Waals surface area contributed by atoms with Crippen LogP contribution in [0.5, 0.6) is 5.75 Å². The van der Waals surface area contributed by atoms with Crippen molar-refractivity contribution in [3.8, 4) is 34.9 Å². The first kappa shape index (κ1) is 19.2. The Balaban J connectivity index is 1.67. The molecule has 1 N–H and O–H groups in total. The summed E-state index contributed by atoms with van der Waals surface area (Å²) in [6, 6.07) is 14.9. The lowest BCUT2D eigenvalue weighted by Gasteiger charge is -2.11. The van der Waals surface area contributed by atoms with Crippen molar-refractivity contribution in [2.45, 2.75) is 0 Å². The number of nitrogens with one attached hydrogen (secondary N) is 1. The number of nitrogens with zero attached hydrogens (tertiary/aromatic N) is 3. The second-order valence-corrected chi connectivity index (χ2v) is 6.50. The van der Waals surface area contributed by atoms with Gasteiger partial charge in [0, 0.05) is 10.6 Å². The normalized spacial score (nSPS) is 10.4. The molecule has 8 nitrogen and oxygen atoms in total. The number of benzene rings is 2. The molecule has 148 valence electrons. The standard InChI is InChI=1S/C21H13ClN4O4/c1-28-17-7-6-14(22)10-15(17)19(27)24-16-9-12(4-5-13(16)11-23)20-25-26-21(30-20)18-3-2-8-29-18/h2-10H,1H3,(H,24,27). The highest BCUT2D eigenvalue weighted by Gasteiger charge is 2.18. The first-order valence-corrected chi connectivity index (χ1v) is 9.03. The number of ether oxygens (including phenoxy) is 1. The Morgan fingerprint density at radius 1 is 1.17 bits per heavy atom. The maximum absolute atomic E-state index is 12.8. The molecule has 0 bridgehead atoms. The van der Waals surface area contributed by atoms with E-state index in [-0.39, 0.29) is 28.6 Å². The van der Waals surface area contributed by atoms with Crippen LogP contribution >= 0.6 is 11.6 Å². The SMILES string of the molecule is COc1ccc(Cl)cc1C(=O)Nc1cc(-c2nnc(-c3ccco3)o2)ccc1C#N. The minimum absolute atomic E-state index is 0.210. The Bertz CT molecular complexity index is 1260. The van der Waals surface area contributed by atoms with E-state index in [9.17, 15) is 10.1 Å². The average molecular weight is 421 g/mol. The maximum atomic E-state index is 12.8. The molecule has 0 aliphatic rings. The quantitative estimate of drug-likeness (QED) is 0.494. The smallest absolute Gasteiger partial charge is 0.283 e. The molecule has 9 heteroatoms. The van der Waals surface area contributed by atoms with Gasteiger partial charge in [-0.05, 0) is 48.5 Å². The van der Waals surface area contributed by atoms with Gasteiger partial charge in [-0.25, -0.2) is 0 Å². The van der Waals surface area contributed by atoms with Crippen LogP contribution in [0.1, 0.15) is 15.9 Å². The highest BCUT2D eigenvalue weighted by Crippen LogP contribution is 2.29. The summed E-state index contributed by atoms with van der Waals surface area (Å²) >= 11 is 6.01. The van der Waals surface area contributed by atoms with Crippen LogP contribution in [0.2, 0.25) is 5.02 Å². The van der Waals surface area contributed by atoms with Gasteiger partial charge in [0.25, 0.3) is 11.8 Å². The van der Waals surface area contributed by atoms with Crippen molar-refractivity contribution in [3.63, 3.8) is 0 Å². The molecule has 2 aromatic carbocycles. The third kappa shape index (κ3) is 3.74. The summed E-state index contributed by atoms with van der Waals surface area (Å²) in [5.74, 6) is 0.732. The third-order valence-corrected chi connectivity index (χ3v) is 4.43. The van der Waals surface area contributed by atoms with Gasteiger partial charge in [0.15, 0.2) is 5.76 Å². The number of anilines is 1. The minimum Gasteiger partial charge on any atom is -0.496 e. The topological polar surface area (TPSA) is 114 Å². The number of methoxy groups -OCH3 is 1. The number of rotatable bonds is 5. The number of furan rings is 1. The van der Waals surface area contributed by atoms with Crippen LogP contribution < -0.4 is 10.1 Å². The van der Waals surface area contributed by atoms with Gasteiger partial charge in [0.2, 0.25) is 5.89 Å². The molecule has 0 saturated heterocycles. The van der Waals surface area contributed by atoms with Crippen molar-refractivity contribution in [3.05, 3.63) is 70.9 Å². The van der Waals surface area contributed by atoms with Gasteiger partial charge in [-0.3, -0.25) is 4.79 Å². The van der Waals surface area contributed by atoms with Crippen LogP contribution in [0.15, 0.2) is 63.6 Å². The average Bonchev–Trinajstić information content (AvgIpc) is 3.45. The van der Waals surface area contributed by atoms with Crippen molar-refractivity contribution in [1.29, 1.82) is 5.26 Å². The van der Waals surface area contributed by atoms with E-state index >= 15 is 0 Å². The fraction of sp³-hybridized carbons (Fsp3) is 0.0476. The maximum Gasteiger partial charge on any atom is 0.283 e. The molecule has 0 aliphatic carbocycles. The molecular weight excluding hydrogens is 408 g/mol. The fourth-order valence-corrected chi connectivity index (χ4v) is 2.94. The number of carbonyl (C=O) groups is 1. The van der Waals surface area contributed by atoms with Gasteiger partial charge in [-0.15, -0.1) is 10.2 Å². The molecule has 0 aliphatic heterocycles. The lowest BCUT2D eigenvalue weighted by molar-refractivity contribution is 0.102. The van der Waals surface area contributed by atoms with Crippen LogP contribution in [0.25, 0.3) is 23.1 Å². The summed E-state index contributed by atoms with van der Waals surface area (Å²) in [7, 11) is 1.45. The van der Waals surface area contributed by atoms with E-state index in [4.69, 9.17) is 25.2 Å². The Labute approximate surface area is 175 Å². The van der Waals surface area contributed by atoms with Crippen LogP contribution in [-0.2, 0) is 0 Å². The molecule has 0 unspecified atom stereocenters. The van der Waals surface area contributed by atoms with Gasteiger partial charge in [-0.2, -0.15) is 5.26 Å². The zero-order chi connectivity index (χ0) is 21.1. The van der Waals surface area contributed by atoms with Gasteiger partial charge < -0.3 is 18.9 Å². The summed E-state index contributed by atoms with van der Waals surface area (Å²) in [5.41, 5.74) is 1.29. The molecule has 1 amide bonds. The molecule has 2 heterocycles. The molecule has 0 spiro atoms. The minimum atomic E-state index is -0.482. The van der Waals surface area contributed by atoms with Crippen molar-refractivity contribution in [2.75, 3.05) is 12.4 Å². The predicted molar refractivity (Wildman–Crippen MR) is 108 cm³/mol. The van der Waals surface area contributed by atoms with Crippen LogP contribution in [0, 0.1) is 11.3 Å². The van der Waals surface area contributed by atoms with E-state index in [1.807, 2.05) is 6.07 Å². The Morgan fingerprint density at radius 3 is 2.73 bits per heavy atom. The Hall–Kier alpha value is -4.09. The molecule has 0 fully saturated rings. The number of carbonyl (C=O) groups excluding carboxylic acids is 1. The molecule has 4 aromatic rings. The summed E-state index contributed by atoms with van der Waals surface area (Å²) in [6.45, 7) is 0. The first-order chi connectivity index (χ1) is 14.6. The van der Waals surface area contributed by atoms with E-state index in [1.54, 1.807) is 42.5 Å². The number of halogens is 1. The van der Waals surface area contributed by atoms with Crippen molar-refractivity contribution >= 4 is 23.2 Å². The fourth-order valence-electron chi connectivity index (χ4n) is 2.77. The summed E-state index contributed by atoms with van der Waals surface area (Å²) in [6.07, 6.45) is 1.50. The molecule has 4 rings (SSSR count). The molecule has 2 aromatic heterocycles. The number of nitriles is 1. The van der Waals surface area contributed by atoms with Crippen LogP contribution in [-0.4, -0.2) is 23.2 Å². The van der Waals surface area contributed by atoms with Gasteiger partial charge >= 0.3 is 0 Å². The number of hydrogen-bond donors (Lipinski definition) is 1. The summed E-state index contributed by atoms with van der Waals surface area (Å²) in [5, 5.41) is 20.5. The van der Waals surface area contributed by atoms with Crippen molar-refractivity contribution in [2.24, 2.45) is 0 Å². The molecule has 30 heavy (non-hydrogen) atoms. The van der Waals surface area contributed by atoms with Gasteiger partial charge in [0.1, 0.15) is 11.8 Å². The number of amides is 1. The van der Waals surface area contributed by atoms with Crippen molar-refractivity contribution < 1.29 is 18.4 Å². The molecular formula is C21H13ClN4O4. The van der Waals surface area contributed by atoms with Crippen molar-refractivity contribution in [1.82, 2.24) is 10.2 Å². The first-order valence-electron chi connectivity index (χ1n) is 8.66. The summed E-state index contributed by atoms with van der Waals surface area (Å²) < 4.78 is 16.1. The second-order valence-electron chi connectivity index (χ2n) is 6.06.